The SMILES string of the molecule is CCC(C)C(N)C(=O)NCCc1cccc(Cl)c1. The number of nitrogens with two attached hydrogens (primary N) is 1. The first-order valence-electron chi connectivity index (χ1n) is 6.32. The molecule has 0 saturated heterocycles. The predicted molar refractivity (Wildman–Crippen MR) is 75.6 cm³/mol. The average molecular weight is 269 g/mol. The van der Waals surface area contributed by atoms with E-state index in [4.69, 9.17) is 17.3 Å². The summed E-state index contributed by atoms with van der Waals surface area (Å²) in [5.74, 6) is 0.127. The lowest BCUT2D eigenvalue weighted by Crippen LogP contribution is -2.45. The summed E-state index contributed by atoms with van der Waals surface area (Å²) in [7, 11) is 0. The highest BCUT2D eigenvalue weighted by Crippen LogP contribution is 2.10. The molecule has 18 heavy (non-hydrogen) atoms. The number of carbonyl (C=O) groups is 1. The van der Waals surface area contributed by atoms with E-state index in [1.807, 2.05) is 38.1 Å². The molecule has 0 aliphatic carbocycles. The highest BCUT2D eigenvalue weighted by Gasteiger charge is 2.18. The van der Waals surface area contributed by atoms with E-state index >= 15 is 0 Å². The maximum Gasteiger partial charge on any atom is 0.237 e. The molecule has 0 aliphatic rings. The maximum absolute atomic E-state index is 11.7. The Morgan fingerprint density at radius 3 is 2.83 bits per heavy atom. The molecule has 1 aromatic rings. The summed E-state index contributed by atoms with van der Waals surface area (Å²) in [6.45, 7) is 4.61. The van der Waals surface area contributed by atoms with Crippen molar-refractivity contribution in [2.24, 2.45) is 11.7 Å². The van der Waals surface area contributed by atoms with Gasteiger partial charge in [0.25, 0.3) is 0 Å². The number of carbonyl (C=O) groups excluding carboxylic acids is 1. The number of benzene rings is 1. The van der Waals surface area contributed by atoms with Crippen molar-refractivity contribution in [1.82, 2.24) is 5.32 Å². The summed E-state index contributed by atoms with van der Waals surface area (Å²) in [5.41, 5.74) is 6.95. The first-order chi connectivity index (χ1) is 8.54. The minimum Gasteiger partial charge on any atom is -0.354 e. The van der Waals surface area contributed by atoms with Gasteiger partial charge in [-0.1, -0.05) is 44.0 Å². The maximum atomic E-state index is 11.7. The van der Waals surface area contributed by atoms with Crippen molar-refractivity contribution in [3.05, 3.63) is 34.9 Å². The molecule has 0 spiro atoms. The molecule has 0 aromatic heterocycles. The normalized spacial score (nSPS) is 14.0. The minimum atomic E-state index is -0.422. The van der Waals surface area contributed by atoms with Crippen LogP contribution < -0.4 is 11.1 Å². The van der Waals surface area contributed by atoms with Crippen LogP contribution >= 0.6 is 11.6 Å². The first kappa shape index (κ1) is 15.0. The zero-order valence-corrected chi connectivity index (χ0v) is 11.7. The van der Waals surface area contributed by atoms with Crippen LogP contribution in [0.1, 0.15) is 25.8 Å². The monoisotopic (exact) mass is 268 g/mol. The number of amides is 1. The van der Waals surface area contributed by atoms with Crippen molar-refractivity contribution < 1.29 is 4.79 Å². The van der Waals surface area contributed by atoms with Crippen LogP contribution in [0.15, 0.2) is 24.3 Å². The Morgan fingerprint density at radius 2 is 2.22 bits per heavy atom. The summed E-state index contributed by atoms with van der Waals surface area (Å²) in [6.07, 6.45) is 1.67. The van der Waals surface area contributed by atoms with Crippen LogP contribution in [0.5, 0.6) is 0 Å². The Morgan fingerprint density at radius 1 is 1.50 bits per heavy atom. The van der Waals surface area contributed by atoms with Crippen molar-refractivity contribution in [3.8, 4) is 0 Å². The summed E-state index contributed by atoms with van der Waals surface area (Å²) in [6, 6.07) is 7.22. The van der Waals surface area contributed by atoms with Gasteiger partial charge in [0, 0.05) is 11.6 Å². The molecule has 100 valence electrons. The topological polar surface area (TPSA) is 55.1 Å². The van der Waals surface area contributed by atoms with E-state index in [1.165, 1.54) is 0 Å². The third-order valence-electron chi connectivity index (χ3n) is 3.16. The van der Waals surface area contributed by atoms with Crippen LogP contribution in [0.3, 0.4) is 0 Å². The van der Waals surface area contributed by atoms with Crippen molar-refractivity contribution in [1.29, 1.82) is 0 Å². The molecular weight excluding hydrogens is 248 g/mol. The summed E-state index contributed by atoms with van der Waals surface area (Å²) in [5, 5.41) is 3.58. The Bertz CT molecular complexity index is 395. The van der Waals surface area contributed by atoms with Crippen molar-refractivity contribution in [3.63, 3.8) is 0 Å². The molecule has 0 heterocycles. The first-order valence-corrected chi connectivity index (χ1v) is 6.70. The number of hydrogen-bond acceptors (Lipinski definition) is 2. The lowest BCUT2D eigenvalue weighted by molar-refractivity contribution is -0.123. The van der Waals surface area contributed by atoms with Gasteiger partial charge < -0.3 is 11.1 Å². The molecule has 3 nitrogen and oxygen atoms in total. The van der Waals surface area contributed by atoms with Crippen LogP contribution in [-0.4, -0.2) is 18.5 Å². The molecule has 0 radical (unpaired) electrons. The highest BCUT2D eigenvalue weighted by molar-refractivity contribution is 6.30. The number of rotatable bonds is 6. The van der Waals surface area contributed by atoms with E-state index in [-0.39, 0.29) is 11.8 Å². The summed E-state index contributed by atoms with van der Waals surface area (Å²) >= 11 is 5.89. The van der Waals surface area contributed by atoms with Crippen molar-refractivity contribution in [2.75, 3.05) is 6.54 Å². The Kier molecular flexibility index (Phi) is 6.16. The third kappa shape index (κ3) is 4.67. The van der Waals surface area contributed by atoms with Crippen LogP contribution in [0.2, 0.25) is 5.02 Å². The van der Waals surface area contributed by atoms with E-state index < -0.39 is 6.04 Å². The number of nitrogens with one attached hydrogen (secondary N) is 1. The number of hydrogen-bond donors (Lipinski definition) is 2. The Balaban J connectivity index is 2.36. The van der Waals surface area contributed by atoms with E-state index in [2.05, 4.69) is 5.32 Å². The van der Waals surface area contributed by atoms with E-state index in [9.17, 15) is 4.79 Å². The van der Waals surface area contributed by atoms with Gasteiger partial charge in [-0.3, -0.25) is 4.79 Å². The lowest BCUT2D eigenvalue weighted by atomic mass is 9.99. The van der Waals surface area contributed by atoms with E-state index in [1.54, 1.807) is 0 Å². The second-order valence-electron chi connectivity index (χ2n) is 4.58. The number of halogens is 1. The van der Waals surface area contributed by atoms with Gasteiger partial charge >= 0.3 is 0 Å². The fourth-order valence-electron chi connectivity index (χ4n) is 1.65. The van der Waals surface area contributed by atoms with Crippen molar-refractivity contribution >= 4 is 17.5 Å². The fraction of sp³-hybridized carbons (Fsp3) is 0.500. The Labute approximate surface area is 114 Å². The van der Waals surface area contributed by atoms with Gasteiger partial charge in [0.1, 0.15) is 0 Å². The summed E-state index contributed by atoms with van der Waals surface area (Å²) in [4.78, 5) is 11.7. The average Bonchev–Trinajstić information content (AvgIpc) is 2.36. The molecule has 0 saturated carbocycles. The van der Waals surface area contributed by atoms with Gasteiger partial charge in [-0.2, -0.15) is 0 Å². The molecule has 3 N–H and O–H groups in total. The zero-order valence-electron chi connectivity index (χ0n) is 10.9. The van der Waals surface area contributed by atoms with Crippen LogP contribution in [-0.2, 0) is 11.2 Å². The molecule has 4 heteroatoms. The van der Waals surface area contributed by atoms with Gasteiger partial charge in [-0.15, -0.1) is 0 Å². The second-order valence-corrected chi connectivity index (χ2v) is 5.02. The summed E-state index contributed by atoms with van der Waals surface area (Å²) < 4.78 is 0. The largest absolute Gasteiger partial charge is 0.354 e. The van der Waals surface area contributed by atoms with Gasteiger partial charge in [0.2, 0.25) is 5.91 Å². The van der Waals surface area contributed by atoms with Gasteiger partial charge in [-0.05, 0) is 30.0 Å². The van der Waals surface area contributed by atoms with Crippen molar-refractivity contribution in [2.45, 2.75) is 32.7 Å². The lowest BCUT2D eigenvalue weighted by Gasteiger charge is -2.17. The zero-order chi connectivity index (χ0) is 13.5. The predicted octanol–water partition coefficient (Wildman–Crippen LogP) is 2.37. The molecule has 1 aromatic carbocycles. The van der Waals surface area contributed by atoms with Crippen LogP contribution in [0, 0.1) is 5.92 Å². The smallest absolute Gasteiger partial charge is 0.237 e. The minimum absolute atomic E-state index is 0.0774. The van der Waals surface area contributed by atoms with Gasteiger partial charge in [0.15, 0.2) is 0 Å². The molecule has 2 unspecified atom stereocenters. The highest BCUT2D eigenvalue weighted by atomic mass is 35.5. The molecule has 0 fully saturated rings. The molecule has 1 rings (SSSR count). The van der Waals surface area contributed by atoms with Gasteiger partial charge in [0.05, 0.1) is 6.04 Å². The standard InChI is InChI=1S/C14H21ClN2O/c1-3-10(2)13(16)14(18)17-8-7-11-5-4-6-12(15)9-11/h4-6,9-10,13H,3,7-8,16H2,1-2H3,(H,17,18). The van der Waals surface area contributed by atoms with E-state index in [0.717, 1.165) is 23.4 Å². The van der Waals surface area contributed by atoms with Crippen LogP contribution in [0.4, 0.5) is 0 Å². The fourth-order valence-corrected chi connectivity index (χ4v) is 1.87. The molecule has 2 atom stereocenters. The molecule has 0 bridgehead atoms. The second kappa shape index (κ2) is 7.39. The molecule has 1 amide bonds. The molecule has 0 aliphatic heterocycles. The van der Waals surface area contributed by atoms with Gasteiger partial charge in [-0.25, -0.2) is 0 Å². The van der Waals surface area contributed by atoms with Crippen LogP contribution in [0.25, 0.3) is 0 Å². The molecular formula is C14H21ClN2O. The quantitative estimate of drug-likeness (QED) is 0.832. The Hall–Kier alpha value is -1.06. The third-order valence-corrected chi connectivity index (χ3v) is 3.40. The van der Waals surface area contributed by atoms with E-state index in [0.29, 0.717) is 6.54 Å².